The maximum atomic E-state index is 9.97. The van der Waals surface area contributed by atoms with Crippen LogP contribution in [0.3, 0.4) is 0 Å². The molecule has 0 aliphatic carbocycles. The lowest BCUT2D eigenvalue weighted by atomic mass is 10.1. The van der Waals surface area contributed by atoms with Crippen LogP contribution in [-0.4, -0.2) is 29.5 Å². The van der Waals surface area contributed by atoms with E-state index in [1.807, 2.05) is 6.07 Å². The summed E-state index contributed by atoms with van der Waals surface area (Å²) in [6, 6.07) is 19.4. The average Bonchev–Trinajstić information content (AvgIpc) is 3.59. The lowest BCUT2D eigenvalue weighted by molar-refractivity contribution is 0.234. The predicted molar refractivity (Wildman–Crippen MR) is 263 cm³/mol. The van der Waals surface area contributed by atoms with Crippen molar-refractivity contribution in [2.75, 3.05) is 19.8 Å². The Balaban J connectivity index is 1.47. The monoisotopic (exact) mass is 840 g/mol. The first-order valence-electron chi connectivity index (χ1n) is 25.9. The Morgan fingerprint density at radius 1 is 0.393 bits per heavy atom. The van der Waals surface area contributed by atoms with Gasteiger partial charge < -0.3 is 23.9 Å². The highest BCUT2D eigenvalue weighted by Gasteiger charge is 2.19. The van der Waals surface area contributed by atoms with E-state index in [1.165, 1.54) is 195 Å². The van der Waals surface area contributed by atoms with Crippen LogP contribution in [-0.2, 0) is 13.2 Å². The number of hydrogen-bond donors (Lipinski definition) is 1. The second-order valence-electron chi connectivity index (χ2n) is 18.1. The van der Waals surface area contributed by atoms with Crippen molar-refractivity contribution < 1.29 is 19.3 Å². The molecule has 0 saturated heterocycles. The molecule has 0 fully saturated rings. The van der Waals surface area contributed by atoms with Crippen molar-refractivity contribution in [1.82, 2.24) is 4.57 Å². The van der Waals surface area contributed by atoms with Crippen LogP contribution in [0.1, 0.15) is 225 Å². The van der Waals surface area contributed by atoms with E-state index in [-0.39, 0.29) is 6.61 Å². The predicted octanol–water partition coefficient (Wildman–Crippen LogP) is 17.2. The molecule has 0 spiro atoms. The third-order valence-corrected chi connectivity index (χ3v) is 12.7. The number of ether oxygens (including phenoxy) is 3. The van der Waals surface area contributed by atoms with Crippen LogP contribution in [0.25, 0.3) is 21.8 Å². The molecule has 0 unspecified atom stereocenters. The Morgan fingerprint density at radius 2 is 0.787 bits per heavy atom. The molecule has 3 aromatic carbocycles. The van der Waals surface area contributed by atoms with Gasteiger partial charge in [-0.1, -0.05) is 218 Å². The third kappa shape index (κ3) is 19.4. The zero-order valence-corrected chi connectivity index (χ0v) is 39.6. The SMILES string of the molecule is CCCCCCCCCCCCOc1cc(Cn2c3ccccc3c3cc(CO)ccc32)cc(OCCCCCCCCCCCC)c1OCCCCCCCCCCCC. The summed E-state index contributed by atoms with van der Waals surface area (Å²) in [5.41, 5.74) is 4.44. The van der Waals surface area contributed by atoms with Crippen molar-refractivity contribution in [2.24, 2.45) is 0 Å². The van der Waals surface area contributed by atoms with Gasteiger partial charge in [0.1, 0.15) is 0 Å². The van der Waals surface area contributed by atoms with Crippen LogP contribution in [0.4, 0.5) is 0 Å². The first-order chi connectivity index (χ1) is 30.2. The van der Waals surface area contributed by atoms with Crippen LogP contribution < -0.4 is 14.2 Å². The normalized spacial score (nSPS) is 11.6. The number of para-hydroxylation sites is 1. The van der Waals surface area contributed by atoms with Crippen LogP contribution in [0.5, 0.6) is 17.2 Å². The van der Waals surface area contributed by atoms with Gasteiger partial charge in [-0.15, -0.1) is 0 Å². The van der Waals surface area contributed by atoms with Gasteiger partial charge in [-0.05, 0) is 60.7 Å². The largest absolute Gasteiger partial charge is 0.490 e. The number of rotatable bonds is 39. The Hall–Kier alpha value is -3.18. The van der Waals surface area contributed by atoms with Crippen LogP contribution >= 0.6 is 0 Å². The van der Waals surface area contributed by atoms with Gasteiger partial charge in [-0.25, -0.2) is 0 Å². The Bertz CT molecular complexity index is 1650. The molecule has 1 aromatic heterocycles. The summed E-state index contributed by atoms with van der Waals surface area (Å²) in [7, 11) is 0. The van der Waals surface area contributed by atoms with Crippen molar-refractivity contribution in [1.29, 1.82) is 0 Å². The molecule has 4 aromatic rings. The number of benzene rings is 3. The van der Waals surface area contributed by atoms with Crippen molar-refractivity contribution in [3.05, 3.63) is 65.7 Å². The van der Waals surface area contributed by atoms with Crippen molar-refractivity contribution in [3.8, 4) is 17.2 Å². The number of fused-ring (bicyclic) bond motifs is 3. The fraction of sp³-hybridized carbons (Fsp3) is 0.679. The molecule has 5 heteroatoms. The molecule has 342 valence electrons. The summed E-state index contributed by atoms with van der Waals surface area (Å²) in [5.74, 6) is 2.43. The molecule has 0 radical (unpaired) electrons. The topological polar surface area (TPSA) is 52.9 Å². The molecular weight excluding hydrogens is 751 g/mol. The molecule has 0 amide bonds. The number of aliphatic hydroxyl groups is 1. The van der Waals surface area contributed by atoms with Gasteiger partial charge in [0, 0.05) is 28.4 Å². The first kappa shape index (κ1) is 50.5. The number of aliphatic hydroxyl groups excluding tert-OH is 1. The van der Waals surface area contributed by atoms with Gasteiger partial charge in [0.15, 0.2) is 11.5 Å². The fourth-order valence-corrected chi connectivity index (χ4v) is 8.94. The van der Waals surface area contributed by atoms with Crippen molar-refractivity contribution >= 4 is 21.8 Å². The molecule has 0 aliphatic heterocycles. The zero-order valence-electron chi connectivity index (χ0n) is 39.6. The van der Waals surface area contributed by atoms with Crippen molar-refractivity contribution in [2.45, 2.75) is 227 Å². The van der Waals surface area contributed by atoms with E-state index in [2.05, 4.69) is 73.9 Å². The van der Waals surface area contributed by atoms with Gasteiger partial charge in [0.25, 0.3) is 0 Å². The molecular formula is C56H89NO4. The summed E-state index contributed by atoms with van der Waals surface area (Å²) < 4.78 is 22.6. The van der Waals surface area contributed by atoms with Crippen LogP contribution in [0.15, 0.2) is 54.6 Å². The number of hydrogen-bond acceptors (Lipinski definition) is 4. The molecule has 0 atom stereocenters. The Morgan fingerprint density at radius 3 is 1.23 bits per heavy atom. The molecule has 61 heavy (non-hydrogen) atoms. The number of nitrogens with zero attached hydrogens (tertiary/aromatic N) is 1. The minimum Gasteiger partial charge on any atom is -0.490 e. The summed E-state index contributed by atoms with van der Waals surface area (Å²) in [5, 5.41) is 12.4. The summed E-state index contributed by atoms with van der Waals surface area (Å²) in [6.45, 7) is 9.65. The highest BCUT2D eigenvalue weighted by molar-refractivity contribution is 6.08. The van der Waals surface area contributed by atoms with E-state index >= 15 is 0 Å². The second-order valence-corrected chi connectivity index (χ2v) is 18.1. The Kier molecular flexibility index (Phi) is 26.9. The van der Waals surface area contributed by atoms with E-state index in [9.17, 15) is 5.11 Å². The number of unbranched alkanes of at least 4 members (excludes halogenated alkanes) is 27. The quantitative estimate of drug-likeness (QED) is 0.0455. The molecule has 0 bridgehead atoms. The molecule has 1 heterocycles. The fourth-order valence-electron chi connectivity index (χ4n) is 8.94. The van der Waals surface area contributed by atoms with Gasteiger partial charge >= 0.3 is 0 Å². The highest BCUT2D eigenvalue weighted by Crippen LogP contribution is 2.41. The van der Waals surface area contributed by atoms with Crippen LogP contribution in [0, 0.1) is 0 Å². The second kappa shape index (κ2) is 32.5. The minimum atomic E-state index is 0.0372. The van der Waals surface area contributed by atoms with Crippen molar-refractivity contribution in [3.63, 3.8) is 0 Å². The van der Waals surface area contributed by atoms with Gasteiger partial charge in [-0.2, -0.15) is 0 Å². The number of aromatic nitrogens is 1. The minimum absolute atomic E-state index is 0.0372. The zero-order chi connectivity index (χ0) is 43.0. The third-order valence-electron chi connectivity index (χ3n) is 12.7. The standard InChI is InChI=1S/C56H89NO4/c1-4-7-10-13-16-19-22-25-28-33-40-59-54-44-49(46-57-52-37-32-31-36-50(52)51-43-48(47-58)38-39-53(51)57)45-55(60-41-34-29-26-23-20-17-14-11-8-5-2)56(54)61-42-35-30-27-24-21-18-15-12-9-6-3/h31-32,36-39,43-45,58H,4-30,33-35,40-42,46-47H2,1-3H3. The average molecular weight is 840 g/mol. The molecule has 1 N–H and O–H groups in total. The maximum absolute atomic E-state index is 9.97. The van der Waals surface area contributed by atoms with Crippen LogP contribution in [0.2, 0.25) is 0 Å². The summed E-state index contributed by atoms with van der Waals surface area (Å²) >= 11 is 0. The van der Waals surface area contributed by atoms with E-state index in [0.29, 0.717) is 26.4 Å². The van der Waals surface area contributed by atoms with E-state index < -0.39 is 0 Å². The molecule has 0 saturated carbocycles. The lowest BCUT2D eigenvalue weighted by Gasteiger charge is -2.20. The lowest BCUT2D eigenvalue weighted by Crippen LogP contribution is -2.08. The molecule has 5 nitrogen and oxygen atoms in total. The van der Waals surface area contributed by atoms with Gasteiger partial charge in [-0.3, -0.25) is 0 Å². The van der Waals surface area contributed by atoms with E-state index in [1.54, 1.807) is 0 Å². The summed E-state index contributed by atoms with van der Waals surface area (Å²) in [4.78, 5) is 0. The summed E-state index contributed by atoms with van der Waals surface area (Å²) in [6.07, 6.45) is 39.1. The first-order valence-corrected chi connectivity index (χ1v) is 25.9. The van der Waals surface area contributed by atoms with E-state index in [4.69, 9.17) is 14.2 Å². The van der Waals surface area contributed by atoms with Gasteiger partial charge in [0.2, 0.25) is 5.75 Å². The Labute approximate surface area is 373 Å². The van der Waals surface area contributed by atoms with Gasteiger partial charge in [0.05, 0.1) is 26.4 Å². The molecule has 0 aliphatic rings. The molecule has 4 rings (SSSR count). The van der Waals surface area contributed by atoms with E-state index in [0.717, 1.165) is 47.6 Å². The maximum Gasteiger partial charge on any atom is 0.203 e. The highest BCUT2D eigenvalue weighted by atomic mass is 16.5. The smallest absolute Gasteiger partial charge is 0.203 e.